The molecule has 0 saturated carbocycles. The highest BCUT2D eigenvalue weighted by Gasteiger charge is 2.11. The van der Waals surface area contributed by atoms with Gasteiger partial charge in [-0.15, -0.1) is 10.2 Å². The maximum absolute atomic E-state index is 12.2. The fourth-order valence-corrected chi connectivity index (χ4v) is 3.43. The molecule has 8 heteroatoms. The van der Waals surface area contributed by atoms with Crippen LogP contribution in [0.1, 0.15) is 5.56 Å². The highest BCUT2D eigenvalue weighted by Crippen LogP contribution is 2.32. The standard InChI is InChI=1S/C22H23N3O4S/c1-27-16-8-10-20(29-3)17(12-16)18-9-11-22(25-24-18)30-14-21(26)23-13-15-6-4-5-7-19(15)28-2/h4-12H,13-14H2,1-3H3,(H,23,26). The SMILES string of the molecule is COc1ccc(OC)c(-c2ccc(SCC(=O)NCc3ccccc3OC)nn2)c1. The summed E-state index contributed by atoms with van der Waals surface area (Å²) in [4.78, 5) is 12.2. The van der Waals surface area contributed by atoms with Crippen molar-refractivity contribution in [3.63, 3.8) is 0 Å². The van der Waals surface area contributed by atoms with Crippen LogP contribution in [0.2, 0.25) is 0 Å². The molecule has 0 saturated heterocycles. The zero-order valence-corrected chi connectivity index (χ0v) is 17.9. The molecular formula is C22H23N3O4S. The van der Waals surface area contributed by atoms with Crippen molar-refractivity contribution < 1.29 is 19.0 Å². The molecule has 2 aromatic carbocycles. The second kappa shape index (κ2) is 10.5. The molecule has 0 radical (unpaired) electrons. The zero-order chi connectivity index (χ0) is 21.3. The topological polar surface area (TPSA) is 82.6 Å². The quantitative estimate of drug-likeness (QED) is 0.525. The number of nitrogens with one attached hydrogen (secondary N) is 1. The summed E-state index contributed by atoms with van der Waals surface area (Å²) in [6.07, 6.45) is 0. The Labute approximate surface area is 179 Å². The third-order valence-electron chi connectivity index (χ3n) is 4.34. The van der Waals surface area contributed by atoms with Crippen molar-refractivity contribution in [2.45, 2.75) is 11.6 Å². The predicted octanol–water partition coefficient (Wildman–Crippen LogP) is 3.58. The van der Waals surface area contributed by atoms with Crippen molar-refractivity contribution in [3.05, 3.63) is 60.2 Å². The molecule has 7 nitrogen and oxygen atoms in total. The Kier molecular flexibility index (Phi) is 7.51. The molecule has 156 valence electrons. The van der Waals surface area contributed by atoms with Crippen LogP contribution >= 0.6 is 11.8 Å². The van der Waals surface area contributed by atoms with Gasteiger partial charge in [-0.05, 0) is 36.4 Å². The summed E-state index contributed by atoms with van der Waals surface area (Å²) in [6.45, 7) is 0.406. The number of methoxy groups -OCH3 is 3. The molecule has 1 heterocycles. The third-order valence-corrected chi connectivity index (χ3v) is 5.26. The maximum Gasteiger partial charge on any atom is 0.230 e. The van der Waals surface area contributed by atoms with E-state index in [1.165, 1.54) is 11.8 Å². The van der Waals surface area contributed by atoms with Crippen LogP contribution in [0.15, 0.2) is 59.6 Å². The van der Waals surface area contributed by atoms with Gasteiger partial charge < -0.3 is 19.5 Å². The summed E-state index contributed by atoms with van der Waals surface area (Å²) >= 11 is 1.32. The first-order valence-corrected chi connectivity index (χ1v) is 10.2. The summed E-state index contributed by atoms with van der Waals surface area (Å²) in [5.41, 5.74) is 2.38. The van der Waals surface area contributed by atoms with Crippen LogP contribution in [0.5, 0.6) is 17.2 Å². The molecule has 0 aliphatic heterocycles. The number of carbonyl (C=O) groups is 1. The first-order valence-electron chi connectivity index (χ1n) is 9.22. The van der Waals surface area contributed by atoms with Crippen molar-refractivity contribution in [1.82, 2.24) is 15.5 Å². The number of hydrogen-bond acceptors (Lipinski definition) is 7. The number of ether oxygens (including phenoxy) is 3. The molecule has 3 rings (SSSR count). The number of para-hydroxylation sites is 1. The van der Waals surface area contributed by atoms with Gasteiger partial charge in [-0.2, -0.15) is 0 Å². The number of rotatable bonds is 9. The van der Waals surface area contributed by atoms with Gasteiger partial charge in [0.05, 0.1) is 32.8 Å². The number of amides is 1. The lowest BCUT2D eigenvalue weighted by Crippen LogP contribution is -2.24. The van der Waals surface area contributed by atoms with E-state index in [9.17, 15) is 4.79 Å². The number of aromatic nitrogens is 2. The average molecular weight is 426 g/mol. The minimum absolute atomic E-state index is 0.0914. The molecule has 0 aliphatic carbocycles. The van der Waals surface area contributed by atoms with Gasteiger partial charge >= 0.3 is 0 Å². The second-order valence-electron chi connectivity index (χ2n) is 6.20. The van der Waals surface area contributed by atoms with Gasteiger partial charge in [0.15, 0.2) is 0 Å². The summed E-state index contributed by atoms with van der Waals surface area (Å²) in [7, 11) is 4.82. The molecule has 30 heavy (non-hydrogen) atoms. The Morgan fingerprint density at radius 3 is 2.43 bits per heavy atom. The highest BCUT2D eigenvalue weighted by atomic mass is 32.2. The first-order chi connectivity index (χ1) is 14.6. The largest absolute Gasteiger partial charge is 0.497 e. The van der Waals surface area contributed by atoms with E-state index in [2.05, 4.69) is 15.5 Å². The minimum atomic E-state index is -0.0914. The lowest BCUT2D eigenvalue weighted by atomic mass is 10.1. The summed E-state index contributed by atoms with van der Waals surface area (Å²) < 4.78 is 16.0. The van der Waals surface area contributed by atoms with Crippen LogP contribution in [0.4, 0.5) is 0 Å². The molecule has 0 fully saturated rings. The summed E-state index contributed by atoms with van der Waals surface area (Å²) in [5.74, 6) is 2.29. The van der Waals surface area contributed by atoms with Crippen LogP contribution in [-0.2, 0) is 11.3 Å². The van der Waals surface area contributed by atoms with Gasteiger partial charge in [-0.1, -0.05) is 30.0 Å². The van der Waals surface area contributed by atoms with Crippen molar-refractivity contribution in [2.24, 2.45) is 0 Å². The van der Waals surface area contributed by atoms with E-state index in [1.54, 1.807) is 21.3 Å². The number of hydrogen-bond donors (Lipinski definition) is 1. The number of nitrogens with zero attached hydrogens (tertiary/aromatic N) is 2. The third kappa shape index (κ3) is 5.42. The lowest BCUT2D eigenvalue weighted by molar-refractivity contribution is -0.118. The van der Waals surface area contributed by atoms with Crippen LogP contribution in [0.25, 0.3) is 11.3 Å². The second-order valence-corrected chi connectivity index (χ2v) is 7.20. The van der Waals surface area contributed by atoms with Crippen LogP contribution in [0.3, 0.4) is 0 Å². The maximum atomic E-state index is 12.2. The molecule has 3 aromatic rings. The number of carbonyl (C=O) groups excluding carboxylic acids is 1. The lowest BCUT2D eigenvalue weighted by Gasteiger charge is -2.10. The zero-order valence-electron chi connectivity index (χ0n) is 17.0. The van der Waals surface area contributed by atoms with Gasteiger partial charge in [0.1, 0.15) is 22.3 Å². The van der Waals surface area contributed by atoms with E-state index in [0.29, 0.717) is 28.8 Å². The predicted molar refractivity (Wildman–Crippen MR) is 116 cm³/mol. The van der Waals surface area contributed by atoms with Gasteiger partial charge in [0, 0.05) is 17.7 Å². The van der Waals surface area contributed by atoms with Crippen molar-refractivity contribution in [2.75, 3.05) is 27.1 Å². The molecule has 1 N–H and O–H groups in total. The fourth-order valence-electron chi connectivity index (χ4n) is 2.79. The van der Waals surface area contributed by atoms with Gasteiger partial charge in [0.25, 0.3) is 0 Å². The van der Waals surface area contributed by atoms with Crippen molar-refractivity contribution in [1.29, 1.82) is 0 Å². The van der Waals surface area contributed by atoms with E-state index >= 15 is 0 Å². The van der Waals surface area contributed by atoms with Gasteiger partial charge in [0.2, 0.25) is 5.91 Å². The molecule has 0 spiro atoms. The number of thioether (sulfide) groups is 1. The molecule has 0 atom stereocenters. The first kappa shape index (κ1) is 21.4. The van der Waals surface area contributed by atoms with Gasteiger partial charge in [-0.25, -0.2) is 0 Å². The summed E-state index contributed by atoms with van der Waals surface area (Å²) in [6, 6.07) is 16.8. The molecule has 1 aromatic heterocycles. The molecule has 1 amide bonds. The smallest absolute Gasteiger partial charge is 0.230 e. The summed E-state index contributed by atoms with van der Waals surface area (Å²) in [5, 5.41) is 12.0. The Morgan fingerprint density at radius 1 is 0.933 bits per heavy atom. The van der Waals surface area contributed by atoms with E-state index < -0.39 is 0 Å². The van der Waals surface area contributed by atoms with Crippen molar-refractivity contribution in [3.8, 4) is 28.5 Å². The Hall–Kier alpha value is -3.26. The normalized spacial score (nSPS) is 10.4. The van der Waals surface area contributed by atoms with Crippen molar-refractivity contribution >= 4 is 17.7 Å². The molecule has 0 bridgehead atoms. The monoisotopic (exact) mass is 425 g/mol. The number of benzene rings is 2. The van der Waals surface area contributed by atoms with Crippen LogP contribution in [0, 0.1) is 0 Å². The fraction of sp³-hybridized carbons (Fsp3) is 0.227. The highest BCUT2D eigenvalue weighted by molar-refractivity contribution is 7.99. The Balaban J connectivity index is 1.58. The molecule has 0 aliphatic rings. The van der Waals surface area contributed by atoms with E-state index in [0.717, 1.165) is 16.9 Å². The average Bonchev–Trinajstić information content (AvgIpc) is 2.81. The Morgan fingerprint density at radius 2 is 1.73 bits per heavy atom. The van der Waals surface area contributed by atoms with Gasteiger partial charge in [-0.3, -0.25) is 4.79 Å². The van der Waals surface area contributed by atoms with Crippen LogP contribution in [-0.4, -0.2) is 43.2 Å². The minimum Gasteiger partial charge on any atom is -0.497 e. The molecular weight excluding hydrogens is 402 g/mol. The van der Waals surface area contributed by atoms with E-state index in [-0.39, 0.29) is 11.7 Å². The van der Waals surface area contributed by atoms with E-state index in [1.807, 2.05) is 54.6 Å². The Bertz CT molecular complexity index is 996. The molecule has 0 unspecified atom stereocenters. The van der Waals surface area contributed by atoms with Crippen LogP contribution < -0.4 is 19.5 Å². The van der Waals surface area contributed by atoms with E-state index in [4.69, 9.17) is 14.2 Å².